The Balaban J connectivity index is 1.90. The second-order valence-corrected chi connectivity index (χ2v) is 4.97. The van der Waals surface area contributed by atoms with Crippen LogP contribution in [0.5, 0.6) is 0 Å². The molecule has 0 amide bonds. The van der Waals surface area contributed by atoms with E-state index in [0.29, 0.717) is 12.5 Å². The van der Waals surface area contributed by atoms with E-state index in [9.17, 15) is 4.39 Å². The van der Waals surface area contributed by atoms with Gasteiger partial charge in [0, 0.05) is 13.1 Å². The average molecular weight is 249 g/mol. The molecular formula is C14H20FN3. The molecule has 0 bridgehead atoms. The summed E-state index contributed by atoms with van der Waals surface area (Å²) in [6.07, 6.45) is 2.35. The van der Waals surface area contributed by atoms with Crippen LogP contribution in [0.4, 0.5) is 4.39 Å². The van der Waals surface area contributed by atoms with Crippen molar-refractivity contribution < 1.29 is 4.39 Å². The Bertz CT molecular complexity index is 406. The molecule has 98 valence electrons. The van der Waals surface area contributed by atoms with Crippen LogP contribution in [-0.2, 0) is 6.54 Å². The Morgan fingerprint density at radius 1 is 1.33 bits per heavy atom. The van der Waals surface area contributed by atoms with Crippen molar-refractivity contribution in [3.05, 3.63) is 35.6 Å². The maximum atomic E-state index is 12.7. The molecule has 0 atom stereocenters. The standard InChI is InChI=1S/C14H20FN3/c1-11-6-8-18(9-7-11)14(16)17-10-12-2-4-13(15)5-3-12/h2-5,11H,6-10H2,1H3,(H2,16,17). The van der Waals surface area contributed by atoms with Gasteiger partial charge >= 0.3 is 0 Å². The van der Waals surface area contributed by atoms with Crippen molar-refractivity contribution in [1.29, 1.82) is 0 Å². The molecule has 1 aromatic carbocycles. The Morgan fingerprint density at radius 2 is 1.94 bits per heavy atom. The molecule has 1 aliphatic rings. The summed E-state index contributed by atoms with van der Waals surface area (Å²) in [5, 5.41) is 0. The summed E-state index contributed by atoms with van der Waals surface area (Å²) in [4.78, 5) is 6.50. The van der Waals surface area contributed by atoms with E-state index in [4.69, 9.17) is 5.73 Å². The molecule has 4 heteroatoms. The van der Waals surface area contributed by atoms with Gasteiger partial charge in [-0.15, -0.1) is 0 Å². The normalized spacial score (nSPS) is 18.1. The van der Waals surface area contributed by atoms with Crippen molar-refractivity contribution >= 4 is 5.96 Å². The second kappa shape index (κ2) is 5.85. The highest BCUT2D eigenvalue weighted by atomic mass is 19.1. The van der Waals surface area contributed by atoms with Gasteiger partial charge in [0.2, 0.25) is 0 Å². The molecule has 1 aromatic rings. The monoisotopic (exact) mass is 249 g/mol. The Labute approximate surface area is 108 Å². The molecular weight excluding hydrogens is 229 g/mol. The molecule has 1 fully saturated rings. The van der Waals surface area contributed by atoms with Crippen LogP contribution < -0.4 is 5.73 Å². The first-order valence-corrected chi connectivity index (χ1v) is 6.44. The van der Waals surface area contributed by atoms with Gasteiger partial charge in [-0.25, -0.2) is 9.38 Å². The zero-order chi connectivity index (χ0) is 13.0. The molecule has 1 heterocycles. The number of hydrogen-bond donors (Lipinski definition) is 1. The number of aliphatic imine (C=N–C) groups is 1. The Morgan fingerprint density at radius 3 is 2.56 bits per heavy atom. The number of halogens is 1. The lowest BCUT2D eigenvalue weighted by atomic mass is 10.00. The van der Waals surface area contributed by atoms with E-state index in [1.54, 1.807) is 12.1 Å². The lowest BCUT2D eigenvalue weighted by Gasteiger charge is -2.31. The quantitative estimate of drug-likeness (QED) is 0.646. The fraction of sp³-hybridized carbons (Fsp3) is 0.500. The SMILES string of the molecule is CC1CCN(C(N)=NCc2ccc(F)cc2)CC1. The number of nitrogens with zero attached hydrogens (tertiary/aromatic N) is 2. The van der Waals surface area contributed by atoms with Gasteiger partial charge < -0.3 is 10.6 Å². The minimum Gasteiger partial charge on any atom is -0.370 e. The van der Waals surface area contributed by atoms with Crippen molar-refractivity contribution in [3.8, 4) is 0 Å². The van der Waals surface area contributed by atoms with Gasteiger partial charge in [-0.1, -0.05) is 19.1 Å². The molecule has 2 rings (SSSR count). The zero-order valence-electron chi connectivity index (χ0n) is 10.8. The summed E-state index contributed by atoms with van der Waals surface area (Å²) in [5.41, 5.74) is 6.95. The minimum atomic E-state index is -0.222. The summed E-state index contributed by atoms with van der Waals surface area (Å²) in [5.74, 6) is 1.16. The molecule has 0 radical (unpaired) electrons. The molecule has 2 N–H and O–H groups in total. The second-order valence-electron chi connectivity index (χ2n) is 4.97. The lowest BCUT2D eigenvalue weighted by molar-refractivity contribution is 0.277. The predicted molar refractivity (Wildman–Crippen MR) is 71.7 cm³/mol. The predicted octanol–water partition coefficient (Wildman–Crippen LogP) is 2.37. The van der Waals surface area contributed by atoms with E-state index in [-0.39, 0.29) is 5.82 Å². The number of benzene rings is 1. The molecule has 0 aliphatic carbocycles. The highest BCUT2D eigenvalue weighted by Gasteiger charge is 2.16. The van der Waals surface area contributed by atoms with Crippen LogP contribution in [-0.4, -0.2) is 23.9 Å². The van der Waals surface area contributed by atoms with Gasteiger partial charge in [0.15, 0.2) is 5.96 Å². The average Bonchev–Trinajstić information content (AvgIpc) is 2.38. The minimum absolute atomic E-state index is 0.222. The fourth-order valence-electron chi connectivity index (χ4n) is 2.10. The lowest BCUT2D eigenvalue weighted by Crippen LogP contribution is -2.42. The Hall–Kier alpha value is -1.58. The van der Waals surface area contributed by atoms with E-state index in [1.165, 1.54) is 25.0 Å². The van der Waals surface area contributed by atoms with E-state index in [2.05, 4.69) is 16.8 Å². The van der Waals surface area contributed by atoms with Crippen LogP contribution in [0.3, 0.4) is 0 Å². The van der Waals surface area contributed by atoms with E-state index >= 15 is 0 Å². The number of piperidine rings is 1. The first kappa shape index (κ1) is 12.9. The van der Waals surface area contributed by atoms with Gasteiger partial charge in [-0.05, 0) is 36.5 Å². The molecule has 3 nitrogen and oxygen atoms in total. The van der Waals surface area contributed by atoms with Crippen LogP contribution >= 0.6 is 0 Å². The van der Waals surface area contributed by atoms with Crippen molar-refractivity contribution in [2.75, 3.05) is 13.1 Å². The molecule has 0 saturated carbocycles. The van der Waals surface area contributed by atoms with Crippen molar-refractivity contribution in [2.24, 2.45) is 16.6 Å². The summed E-state index contributed by atoms with van der Waals surface area (Å²) < 4.78 is 12.7. The number of likely N-dealkylation sites (tertiary alicyclic amines) is 1. The maximum absolute atomic E-state index is 12.7. The topological polar surface area (TPSA) is 41.6 Å². The largest absolute Gasteiger partial charge is 0.370 e. The first-order chi connectivity index (χ1) is 8.65. The van der Waals surface area contributed by atoms with E-state index in [1.807, 2.05) is 0 Å². The van der Waals surface area contributed by atoms with Gasteiger partial charge in [0.05, 0.1) is 6.54 Å². The third-order valence-corrected chi connectivity index (χ3v) is 3.44. The summed E-state index contributed by atoms with van der Waals surface area (Å²) in [6, 6.07) is 6.38. The molecule has 0 aromatic heterocycles. The number of rotatable bonds is 2. The van der Waals surface area contributed by atoms with Crippen LogP contribution in [0, 0.1) is 11.7 Å². The third-order valence-electron chi connectivity index (χ3n) is 3.44. The summed E-state index contributed by atoms with van der Waals surface area (Å²) in [6.45, 7) is 4.75. The smallest absolute Gasteiger partial charge is 0.191 e. The van der Waals surface area contributed by atoms with Crippen LogP contribution in [0.1, 0.15) is 25.3 Å². The van der Waals surface area contributed by atoms with Crippen molar-refractivity contribution in [2.45, 2.75) is 26.3 Å². The number of guanidine groups is 1. The van der Waals surface area contributed by atoms with Crippen molar-refractivity contribution in [1.82, 2.24) is 4.90 Å². The number of hydrogen-bond acceptors (Lipinski definition) is 1. The van der Waals surface area contributed by atoms with Crippen LogP contribution in [0.25, 0.3) is 0 Å². The van der Waals surface area contributed by atoms with Crippen LogP contribution in [0.2, 0.25) is 0 Å². The Kier molecular flexibility index (Phi) is 4.18. The molecule has 1 aliphatic heterocycles. The summed E-state index contributed by atoms with van der Waals surface area (Å²) >= 11 is 0. The fourth-order valence-corrected chi connectivity index (χ4v) is 2.10. The highest BCUT2D eigenvalue weighted by molar-refractivity contribution is 5.78. The first-order valence-electron chi connectivity index (χ1n) is 6.44. The van der Waals surface area contributed by atoms with Gasteiger partial charge in [-0.2, -0.15) is 0 Å². The molecule has 1 saturated heterocycles. The molecule has 0 spiro atoms. The van der Waals surface area contributed by atoms with Crippen molar-refractivity contribution in [3.63, 3.8) is 0 Å². The summed E-state index contributed by atoms with van der Waals surface area (Å²) in [7, 11) is 0. The zero-order valence-corrected chi connectivity index (χ0v) is 10.8. The van der Waals surface area contributed by atoms with E-state index in [0.717, 1.165) is 24.6 Å². The van der Waals surface area contributed by atoms with Crippen LogP contribution in [0.15, 0.2) is 29.3 Å². The van der Waals surface area contributed by atoms with E-state index < -0.39 is 0 Å². The maximum Gasteiger partial charge on any atom is 0.191 e. The van der Waals surface area contributed by atoms with Gasteiger partial charge in [0.1, 0.15) is 5.82 Å². The van der Waals surface area contributed by atoms with Gasteiger partial charge in [0.25, 0.3) is 0 Å². The molecule has 0 unspecified atom stereocenters. The number of nitrogens with two attached hydrogens (primary N) is 1. The van der Waals surface area contributed by atoms with Gasteiger partial charge in [-0.3, -0.25) is 0 Å². The highest BCUT2D eigenvalue weighted by Crippen LogP contribution is 2.15. The third kappa shape index (κ3) is 3.45. The molecule has 18 heavy (non-hydrogen) atoms.